The Hall–Kier alpha value is -3.36. The van der Waals surface area contributed by atoms with Crippen molar-refractivity contribution in [2.75, 3.05) is 31.2 Å². The van der Waals surface area contributed by atoms with E-state index in [1.54, 1.807) is 11.3 Å². The minimum atomic E-state index is -0.0827. The Labute approximate surface area is 197 Å². The maximum Gasteiger partial charge on any atom is 0.270 e. The van der Waals surface area contributed by atoms with Crippen LogP contribution in [0.1, 0.15) is 18.5 Å². The molecule has 2 aromatic carbocycles. The van der Waals surface area contributed by atoms with Gasteiger partial charge in [-0.15, -0.1) is 11.3 Å². The monoisotopic (exact) mass is 459 g/mol. The van der Waals surface area contributed by atoms with Gasteiger partial charge in [0.1, 0.15) is 10.7 Å². The fourth-order valence-corrected chi connectivity index (χ4v) is 4.91. The van der Waals surface area contributed by atoms with Crippen LogP contribution in [-0.4, -0.2) is 58.5 Å². The second-order valence-corrected chi connectivity index (χ2v) is 9.02. The first-order valence-corrected chi connectivity index (χ1v) is 12.0. The van der Waals surface area contributed by atoms with Gasteiger partial charge in [-0.3, -0.25) is 14.5 Å². The van der Waals surface area contributed by atoms with E-state index in [-0.39, 0.29) is 11.8 Å². The van der Waals surface area contributed by atoms with E-state index in [1.807, 2.05) is 53.4 Å². The molecule has 7 nitrogen and oxygen atoms in total. The summed E-state index contributed by atoms with van der Waals surface area (Å²) in [6.45, 7) is 3.65. The van der Waals surface area contributed by atoms with Crippen molar-refractivity contribution in [1.82, 2.24) is 14.8 Å². The first-order chi connectivity index (χ1) is 16.2. The molecule has 0 unspecified atom stereocenters. The molecule has 5 rings (SSSR count). The van der Waals surface area contributed by atoms with E-state index in [0.717, 1.165) is 35.9 Å². The van der Waals surface area contributed by atoms with Crippen molar-refractivity contribution in [3.8, 4) is 10.6 Å². The van der Waals surface area contributed by atoms with Crippen LogP contribution >= 0.6 is 11.3 Å². The number of aromatic nitrogens is 1. The Kier molecular flexibility index (Phi) is 6.28. The molecule has 0 atom stereocenters. The minimum Gasteiger partial charge on any atom is -0.335 e. The number of rotatable bonds is 5. The van der Waals surface area contributed by atoms with Gasteiger partial charge in [0.2, 0.25) is 5.91 Å². The standard InChI is InChI=1S/C25H25N5O2S/c31-23-12-11-22(27-30(23)21-9-5-2-6-10-21)25(32)29-15-13-28(14-16-29)17-20-18-33-24(26-20)19-7-3-1-4-8-19/h1-10,18H,11-17H2. The number of thiazole rings is 1. The summed E-state index contributed by atoms with van der Waals surface area (Å²) in [5, 5.41) is 8.93. The molecular formula is C25H25N5O2S. The maximum atomic E-state index is 13.1. The molecule has 0 radical (unpaired) electrons. The molecule has 1 saturated heterocycles. The third-order valence-corrected chi connectivity index (χ3v) is 6.84. The Morgan fingerprint density at radius 1 is 0.909 bits per heavy atom. The zero-order valence-electron chi connectivity index (χ0n) is 18.3. The van der Waals surface area contributed by atoms with Gasteiger partial charge in [-0.2, -0.15) is 5.10 Å². The van der Waals surface area contributed by atoms with Crippen LogP contribution in [0, 0.1) is 0 Å². The number of carbonyl (C=O) groups is 2. The van der Waals surface area contributed by atoms with E-state index in [1.165, 1.54) is 5.01 Å². The molecule has 1 fully saturated rings. The molecule has 168 valence electrons. The predicted molar refractivity (Wildman–Crippen MR) is 130 cm³/mol. The molecule has 0 saturated carbocycles. The summed E-state index contributed by atoms with van der Waals surface area (Å²) in [4.78, 5) is 34.4. The Bertz CT molecular complexity index is 1150. The van der Waals surface area contributed by atoms with Crippen LogP contribution in [0.4, 0.5) is 5.69 Å². The van der Waals surface area contributed by atoms with Crippen LogP contribution < -0.4 is 5.01 Å². The van der Waals surface area contributed by atoms with Crippen LogP contribution in [-0.2, 0) is 16.1 Å². The molecule has 8 heteroatoms. The highest BCUT2D eigenvalue weighted by molar-refractivity contribution is 7.13. The van der Waals surface area contributed by atoms with Crippen molar-refractivity contribution in [3.63, 3.8) is 0 Å². The molecule has 0 aliphatic carbocycles. The van der Waals surface area contributed by atoms with Crippen molar-refractivity contribution in [2.45, 2.75) is 19.4 Å². The highest BCUT2D eigenvalue weighted by Gasteiger charge is 2.30. The summed E-state index contributed by atoms with van der Waals surface area (Å²) in [7, 11) is 0. The Morgan fingerprint density at radius 2 is 1.61 bits per heavy atom. The fraction of sp³-hybridized carbons (Fsp3) is 0.280. The van der Waals surface area contributed by atoms with Gasteiger partial charge >= 0.3 is 0 Å². The number of amides is 2. The van der Waals surface area contributed by atoms with Gasteiger partial charge in [0.05, 0.1) is 11.4 Å². The lowest BCUT2D eigenvalue weighted by molar-refractivity contribution is -0.126. The smallest absolute Gasteiger partial charge is 0.270 e. The van der Waals surface area contributed by atoms with Gasteiger partial charge in [0, 0.05) is 56.5 Å². The molecule has 2 aliphatic rings. The summed E-state index contributed by atoms with van der Waals surface area (Å²) >= 11 is 1.66. The summed E-state index contributed by atoms with van der Waals surface area (Å²) in [5.74, 6) is -0.149. The summed E-state index contributed by atoms with van der Waals surface area (Å²) in [6, 6.07) is 19.5. The number of carbonyl (C=O) groups excluding carboxylic acids is 2. The van der Waals surface area contributed by atoms with E-state index in [9.17, 15) is 9.59 Å². The number of hydrogen-bond donors (Lipinski definition) is 0. The lowest BCUT2D eigenvalue weighted by Gasteiger charge is -2.35. The van der Waals surface area contributed by atoms with Crippen LogP contribution in [0.15, 0.2) is 71.1 Å². The molecule has 0 spiro atoms. The normalized spacial score (nSPS) is 17.2. The number of anilines is 1. The van der Waals surface area contributed by atoms with Gasteiger partial charge in [0.15, 0.2) is 0 Å². The van der Waals surface area contributed by atoms with Crippen molar-refractivity contribution in [1.29, 1.82) is 0 Å². The lowest BCUT2D eigenvalue weighted by Crippen LogP contribution is -2.51. The SMILES string of the molecule is O=C(C1=NN(c2ccccc2)C(=O)CC1)N1CCN(Cc2csc(-c3ccccc3)n2)CC1. The van der Waals surface area contributed by atoms with Crippen LogP contribution in [0.25, 0.3) is 10.6 Å². The third kappa shape index (κ3) is 4.86. The number of hydrazone groups is 1. The van der Waals surface area contributed by atoms with Gasteiger partial charge in [-0.25, -0.2) is 9.99 Å². The Balaban J connectivity index is 1.18. The zero-order chi connectivity index (χ0) is 22.6. The molecule has 2 amide bonds. The third-order valence-electron chi connectivity index (χ3n) is 5.90. The number of para-hydroxylation sites is 1. The average molecular weight is 460 g/mol. The second-order valence-electron chi connectivity index (χ2n) is 8.17. The molecule has 3 heterocycles. The largest absolute Gasteiger partial charge is 0.335 e. The molecule has 33 heavy (non-hydrogen) atoms. The lowest BCUT2D eigenvalue weighted by atomic mass is 10.1. The van der Waals surface area contributed by atoms with Crippen molar-refractivity contribution in [2.24, 2.45) is 5.10 Å². The summed E-state index contributed by atoms with van der Waals surface area (Å²) in [5.41, 5.74) is 3.35. The van der Waals surface area contributed by atoms with E-state index < -0.39 is 0 Å². The second kappa shape index (κ2) is 9.64. The molecular weight excluding hydrogens is 434 g/mol. The van der Waals surface area contributed by atoms with E-state index in [4.69, 9.17) is 4.98 Å². The zero-order valence-corrected chi connectivity index (χ0v) is 19.1. The van der Waals surface area contributed by atoms with E-state index in [2.05, 4.69) is 27.5 Å². The molecule has 0 N–H and O–H groups in total. The number of piperazine rings is 1. The molecule has 0 bridgehead atoms. The highest BCUT2D eigenvalue weighted by atomic mass is 32.1. The first kappa shape index (κ1) is 21.5. The van der Waals surface area contributed by atoms with Crippen LogP contribution in [0.5, 0.6) is 0 Å². The van der Waals surface area contributed by atoms with Gasteiger partial charge in [-0.05, 0) is 12.1 Å². The van der Waals surface area contributed by atoms with E-state index >= 15 is 0 Å². The highest BCUT2D eigenvalue weighted by Crippen LogP contribution is 2.24. The number of benzene rings is 2. The average Bonchev–Trinajstić information content (AvgIpc) is 3.34. The van der Waals surface area contributed by atoms with Crippen molar-refractivity contribution >= 4 is 34.6 Å². The summed E-state index contributed by atoms with van der Waals surface area (Å²) < 4.78 is 0. The van der Waals surface area contributed by atoms with Crippen LogP contribution in [0.3, 0.4) is 0 Å². The quantitative estimate of drug-likeness (QED) is 0.584. The Morgan fingerprint density at radius 3 is 2.33 bits per heavy atom. The predicted octanol–water partition coefficient (Wildman–Crippen LogP) is 3.64. The van der Waals surface area contributed by atoms with Crippen molar-refractivity contribution in [3.05, 3.63) is 71.7 Å². The minimum absolute atomic E-state index is 0.0666. The topological polar surface area (TPSA) is 69.1 Å². The molecule has 2 aliphatic heterocycles. The number of nitrogens with zero attached hydrogens (tertiary/aromatic N) is 5. The van der Waals surface area contributed by atoms with Crippen molar-refractivity contribution < 1.29 is 9.59 Å². The van der Waals surface area contributed by atoms with E-state index in [0.29, 0.717) is 37.3 Å². The number of hydrogen-bond acceptors (Lipinski definition) is 6. The van der Waals surface area contributed by atoms with Gasteiger partial charge in [-0.1, -0.05) is 48.5 Å². The molecule has 1 aromatic heterocycles. The first-order valence-electron chi connectivity index (χ1n) is 11.1. The van der Waals surface area contributed by atoms with Crippen LogP contribution in [0.2, 0.25) is 0 Å². The summed E-state index contributed by atoms with van der Waals surface area (Å²) in [6.07, 6.45) is 0.690. The molecule has 3 aromatic rings. The fourth-order valence-electron chi connectivity index (χ4n) is 4.09. The maximum absolute atomic E-state index is 13.1. The van der Waals surface area contributed by atoms with Gasteiger partial charge in [0.25, 0.3) is 5.91 Å². The van der Waals surface area contributed by atoms with Gasteiger partial charge < -0.3 is 4.90 Å².